The van der Waals surface area contributed by atoms with Gasteiger partial charge in [-0.05, 0) is 79.8 Å². The molecule has 0 saturated carbocycles. The predicted molar refractivity (Wildman–Crippen MR) is 148 cm³/mol. The Kier molecular flexibility index (Phi) is 10.9. The second kappa shape index (κ2) is 13.9. The molecular weight excluding hydrogens is 586 g/mol. The Bertz CT molecular complexity index is 1230. The monoisotopic (exact) mass is 618 g/mol. The number of halogens is 3. The lowest BCUT2D eigenvalue weighted by Crippen LogP contribution is -2.40. The Balaban J connectivity index is 1.38. The van der Waals surface area contributed by atoms with Crippen molar-refractivity contribution >= 4 is 39.5 Å². The molecule has 2 aliphatic heterocycles. The van der Waals surface area contributed by atoms with Gasteiger partial charge in [0.15, 0.2) is 6.29 Å². The van der Waals surface area contributed by atoms with Crippen molar-refractivity contribution in [3.8, 4) is 0 Å². The van der Waals surface area contributed by atoms with Crippen LogP contribution in [0.15, 0.2) is 63.2 Å². The number of hydrogen-bond donors (Lipinski definition) is 1. The number of hydroxylamine groups is 1. The number of alkyl halides is 3. The Morgan fingerprint density at radius 3 is 2.38 bits per heavy atom. The van der Waals surface area contributed by atoms with Crippen LogP contribution in [0.3, 0.4) is 0 Å². The van der Waals surface area contributed by atoms with Gasteiger partial charge in [-0.3, -0.25) is 4.79 Å². The molecule has 2 heterocycles. The Morgan fingerprint density at radius 2 is 1.75 bits per heavy atom. The standard InChI is InChI=1S/C27H33F3N2O5S3/c1-2-22(26(33)31-37-25-9-5-6-18-36-25)23-7-3-4-8-24(23)40(34,35)32-16-14-20(15-17-32)38-19-10-12-21(13-11-19)39-27(28,29)30/h3-4,7-8,10-13,20,22,25H,2,5-6,9,14-18H2,1H3,(H,31,33). The molecule has 2 fully saturated rings. The Labute approximate surface area is 241 Å². The molecule has 2 aliphatic rings. The molecule has 2 aromatic carbocycles. The van der Waals surface area contributed by atoms with Gasteiger partial charge in [0.25, 0.3) is 5.91 Å². The lowest BCUT2D eigenvalue weighted by Gasteiger charge is -2.32. The van der Waals surface area contributed by atoms with Gasteiger partial charge in [-0.15, -0.1) is 11.8 Å². The van der Waals surface area contributed by atoms with E-state index >= 15 is 0 Å². The molecule has 2 atom stereocenters. The van der Waals surface area contributed by atoms with Crippen LogP contribution in [0.4, 0.5) is 13.2 Å². The van der Waals surface area contributed by atoms with E-state index in [1.54, 1.807) is 42.1 Å². The van der Waals surface area contributed by atoms with Crippen molar-refractivity contribution in [1.82, 2.24) is 9.79 Å². The molecule has 40 heavy (non-hydrogen) atoms. The molecule has 0 bridgehead atoms. The highest BCUT2D eigenvalue weighted by Crippen LogP contribution is 2.39. The van der Waals surface area contributed by atoms with E-state index in [0.717, 1.165) is 17.7 Å². The molecule has 1 N–H and O–H groups in total. The first-order valence-electron chi connectivity index (χ1n) is 13.3. The zero-order valence-corrected chi connectivity index (χ0v) is 24.5. The van der Waals surface area contributed by atoms with Crippen LogP contribution in [-0.2, 0) is 24.4 Å². The van der Waals surface area contributed by atoms with Crippen LogP contribution < -0.4 is 5.48 Å². The summed E-state index contributed by atoms with van der Waals surface area (Å²) in [7, 11) is -3.87. The number of carbonyl (C=O) groups is 1. The number of carbonyl (C=O) groups excluding carboxylic acids is 1. The zero-order chi connectivity index (χ0) is 28.8. The molecule has 4 rings (SSSR count). The fourth-order valence-corrected chi connectivity index (χ4v) is 8.18. The van der Waals surface area contributed by atoms with E-state index in [2.05, 4.69) is 5.48 Å². The van der Waals surface area contributed by atoms with Crippen LogP contribution in [-0.4, -0.2) is 55.4 Å². The van der Waals surface area contributed by atoms with Crippen molar-refractivity contribution in [3.63, 3.8) is 0 Å². The van der Waals surface area contributed by atoms with Gasteiger partial charge in [0.1, 0.15) is 0 Å². The summed E-state index contributed by atoms with van der Waals surface area (Å²) in [6.45, 7) is 3.01. The van der Waals surface area contributed by atoms with Crippen LogP contribution in [0, 0.1) is 0 Å². The topological polar surface area (TPSA) is 84.9 Å². The summed E-state index contributed by atoms with van der Waals surface area (Å²) < 4.78 is 72.1. The number of rotatable bonds is 10. The van der Waals surface area contributed by atoms with Crippen molar-refractivity contribution < 1.29 is 36.0 Å². The average Bonchev–Trinajstić information content (AvgIpc) is 2.94. The maximum Gasteiger partial charge on any atom is 0.446 e. The van der Waals surface area contributed by atoms with Crippen molar-refractivity contribution in [3.05, 3.63) is 54.1 Å². The second-order valence-corrected chi connectivity index (χ2v) is 14.0. The number of thioether (sulfide) groups is 2. The highest BCUT2D eigenvalue weighted by Gasteiger charge is 2.34. The third-order valence-electron chi connectivity index (χ3n) is 6.83. The summed E-state index contributed by atoms with van der Waals surface area (Å²) in [5.41, 5.74) is -1.44. The lowest BCUT2D eigenvalue weighted by molar-refractivity contribution is -0.201. The minimum atomic E-state index is -4.33. The molecule has 0 aliphatic carbocycles. The van der Waals surface area contributed by atoms with Crippen LogP contribution in [0.25, 0.3) is 0 Å². The smallest absolute Gasteiger partial charge is 0.350 e. The highest BCUT2D eigenvalue weighted by atomic mass is 32.2. The zero-order valence-electron chi connectivity index (χ0n) is 22.1. The van der Waals surface area contributed by atoms with Gasteiger partial charge in [0.2, 0.25) is 10.0 Å². The minimum absolute atomic E-state index is 0.106. The van der Waals surface area contributed by atoms with Crippen LogP contribution in [0.1, 0.15) is 56.9 Å². The molecule has 2 saturated heterocycles. The van der Waals surface area contributed by atoms with Crippen LogP contribution in [0.2, 0.25) is 0 Å². The summed E-state index contributed by atoms with van der Waals surface area (Å²) in [6, 6.07) is 12.8. The fraction of sp³-hybridized carbons (Fsp3) is 0.519. The van der Waals surface area contributed by atoms with E-state index in [1.165, 1.54) is 22.5 Å². The SMILES string of the molecule is CCC(C(=O)NOC1CCCCO1)c1ccccc1S(=O)(=O)N1CCC(Sc2ccc(SC(F)(F)F)cc2)CC1. The largest absolute Gasteiger partial charge is 0.446 e. The van der Waals surface area contributed by atoms with Crippen LogP contribution in [0.5, 0.6) is 0 Å². The summed E-state index contributed by atoms with van der Waals surface area (Å²) in [5.74, 6) is -1.14. The first kappa shape index (κ1) is 31.2. The Hall–Kier alpha value is -1.77. The van der Waals surface area contributed by atoms with E-state index in [4.69, 9.17) is 9.57 Å². The maximum atomic E-state index is 13.7. The molecule has 2 aromatic rings. The Morgan fingerprint density at radius 1 is 1.07 bits per heavy atom. The van der Waals surface area contributed by atoms with Gasteiger partial charge >= 0.3 is 5.51 Å². The van der Waals surface area contributed by atoms with Crippen LogP contribution >= 0.6 is 23.5 Å². The number of benzene rings is 2. The second-order valence-electron chi connectivity index (χ2n) is 9.62. The van der Waals surface area contributed by atoms with Gasteiger partial charge in [-0.25, -0.2) is 18.7 Å². The number of nitrogens with one attached hydrogen (secondary N) is 1. The first-order chi connectivity index (χ1) is 19.1. The molecule has 2 unspecified atom stereocenters. The number of piperidine rings is 1. The summed E-state index contributed by atoms with van der Waals surface area (Å²) in [5, 5.41) is 0.135. The normalized spacial score (nSPS) is 20.2. The van der Waals surface area contributed by atoms with Crippen molar-refractivity contribution in [2.24, 2.45) is 0 Å². The molecule has 220 valence electrons. The third-order valence-corrected chi connectivity index (χ3v) is 10.9. The van der Waals surface area contributed by atoms with Gasteiger partial charge in [0.05, 0.1) is 10.8 Å². The van der Waals surface area contributed by atoms with Crippen molar-refractivity contribution in [2.75, 3.05) is 19.7 Å². The molecule has 13 heteroatoms. The van der Waals surface area contributed by atoms with Gasteiger partial charge in [-0.1, -0.05) is 25.1 Å². The number of hydrogen-bond acceptors (Lipinski definition) is 7. The van der Waals surface area contributed by atoms with Gasteiger partial charge < -0.3 is 4.74 Å². The first-order valence-corrected chi connectivity index (χ1v) is 16.4. The van der Waals surface area contributed by atoms with E-state index in [9.17, 15) is 26.4 Å². The van der Waals surface area contributed by atoms with Crippen molar-refractivity contribution in [2.45, 2.75) is 83.1 Å². The number of sulfonamides is 1. The molecule has 1 amide bonds. The number of nitrogens with zero attached hydrogens (tertiary/aromatic N) is 1. The molecule has 0 spiro atoms. The maximum absolute atomic E-state index is 13.7. The fourth-order valence-electron chi connectivity index (χ4n) is 4.79. The molecule has 0 aromatic heterocycles. The van der Waals surface area contributed by atoms with E-state index in [1.807, 2.05) is 6.92 Å². The third kappa shape index (κ3) is 8.39. The van der Waals surface area contributed by atoms with Gasteiger partial charge in [-0.2, -0.15) is 17.5 Å². The van der Waals surface area contributed by atoms with E-state index in [-0.39, 0.29) is 26.8 Å². The number of ether oxygens (including phenoxy) is 1. The summed E-state index contributed by atoms with van der Waals surface area (Å²) in [6.07, 6.45) is 3.64. The predicted octanol–water partition coefficient (Wildman–Crippen LogP) is 6.31. The van der Waals surface area contributed by atoms with E-state index in [0.29, 0.717) is 50.9 Å². The average molecular weight is 619 g/mol. The highest BCUT2D eigenvalue weighted by molar-refractivity contribution is 8.00. The van der Waals surface area contributed by atoms with E-state index < -0.39 is 33.6 Å². The molecular formula is C27H33F3N2O5S3. The molecule has 7 nitrogen and oxygen atoms in total. The summed E-state index contributed by atoms with van der Waals surface area (Å²) >= 11 is 1.39. The minimum Gasteiger partial charge on any atom is -0.350 e. The quantitative estimate of drug-likeness (QED) is 0.247. The molecule has 0 radical (unpaired) electrons. The lowest BCUT2D eigenvalue weighted by atomic mass is 9.96. The number of amides is 1. The van der Waals surface area contributed by atoms with Crippen molar-refractivity contribution in [1.29, 1.82) is 0 Å². The van der Waals surface area contributed by atoms with Gasteiger partial charge in [0, 0.05) is 41.2 Å². The summed E-state index contributed by atoms with van der Waals surface area (Å²) in [4.78, 5) is 19.5.